The van der Waals surface area contributed by atoms with E-state index in [1.165, 1.54) is 0 Å². The van der Waals surface area contributed by atoms with Gasteiger partial charge in [-0.2, -0.15) is 4.98 Å². The molecule has 9 heteroatoms. The summed E-state index contributed by atoms with van der Waals surface area (Å²) in [6.07, 6.45) is 0.958. The highest BCUT2D eigenvalue weighted by molar-refractivity contribution is 5.85. The second-order valence-electron chi connectivity index (χ2n) is 7.05. The molecular weight excluding hydrogens is 401 g/mol. The summed E-state index contributed by atoms with van der Waals surface area (Å²) in [6.45, 7) is 7.04. The quantitative estimate of drug-likeness (QED) is 0.806. The van der Waals surface area contributed by atoms with Crippen LogP contribution in [0, 0.1) is 5.92 Å². The fourth-order valence-electron chi connectivity index (χ4n) is 3.72. The minimum absolute atomic E-state index is 0. The molecule has 28 heavy (non-hydrogen) atoms. The topological polar surface area (TPSA) is 74.5 Å². The second kappa shape index (κ2) is 10.2. The highest BCUT2D eigenvalue weighted by atomic mass is 35.5. The van der Waals surface area contributed by atoms with E-state index in [1.807, 2.05) is 35.2 Å². The standard InChI is InChI=1S/C19H25N5O2.2ClH/c1-14(18-21-17(22-26-18)15-5-3-2-4-6-15)23-9-11-24(12-10-23)19(25)16-7-8-20-13-16;;/h2-6,14,16,20H,7-13H2,1H3;2*1H. The number of carbonyl (C=O) groups excluding carboxylic acids is 1. The lowest BCUT2D eigenvalue weighted by atomic mass is 10.1. The summed E-state index contributed by atoms with van der Waals surface area (Å²) in [6, 6.07) is 9.89. The average Bonchev–Trinajstić information content (AvgIpc) is 3.40. The van der Waals surface area contributed by atoms with Gasteiger partial charge in [0.2, 0.25) is 17.6 Å². The van der Waals surface area contributed by atoms with Gasteiger partial charge in [0, 0.05) is 38.3 Å². The first-order valence-corrected chi connectivity index (χ1v) is 9.35. The molecule has 2 atom stereocenters. The van der Waals surface area contributed by atoms with Gasteiger partial charge in [-0.25, -0.2) is 0 Å². The SMILES string of the molecule is CC(c1nc(-c2ccccc2)no1)N1CCN(C(=O)C2CCNC2)CC1.Cl.Cl. The fraction of sp³-hybridized carbons (Fsp3) is 0.526. The Morgan fingerprint density at radius 1 is 1.18 bits per heavy atom. The number of rotatable bonds is 4. The summed E-state index contributed by atoms with van der Waals surface area (Å²) >= 11 is 0. The van der Waals surface area contributed by atoms with Crippen LogP contribution in [0.25, 0.3) is 11.4 Å². The summed E-state index contributed by atoms with van der Waals surface area (Å²) < 4.78 is 5.50. The highest BCUT2D eigenvalue weighted by Gasteiger charge is 2.31. The van der Waals surface area contributed by atoms with E-state index >= 15 is 0 Å². The lowest BCUT2D eigenvalue weighted by molar-refractivity contribution is -0.137. The molecule has 1 N–H and O–H groups in total. The van der Waals surface area contributed by atoms with Gasteiger partial charge >= 0.3 is 0 Å². The number of nitrogens with zero attached hydrogens (tertiary/aromatic N) is 4. The van der Waals surface area contributed by atoms with Crippen LogP contribution in [0.15, 0.2) is 34.9 Å². The van der Waals surface area contributed by atoms with E-state index < -0.39 is 0 Å². The molecule has 2 fully saturated rings. The van der Waals surface area contributed by atoms with Crippen molar-refractivity contribution in [3.63, 3.8) is 0 Å². The number of carbonyl (C=O) groups is 1. The van der Waals surface area contributed by atoms with Crippen molar-refractivity contribution in [1.29, 1.82) is 0 Å². The first-order valence-electron chi connectivity index (χ1n) is 9.35. The van der Waals surface area contributed by atoms with Crippen LogP contribution < -0.4 is 5.32 Å². The molecule has 0 radical (unpaired) electrons. The molecule has 2 saturated heterocycles. The molecule has 154 valence electrons. The van der Waals surface area contributed by atoms with Crippen LogP contribution in [0.3, 0.4) is 0 Å². The van der Waals surface area contributed by atoms with E-state index in [-0.39, 0.29) is 36.8 Å². The average molecular weight is 428 g/mol. The maximum atomic E-state index is 12.5. The largest absolute Gasteiger partial charge is 0.340 e. The third-order valence-corrected chi connectivity index (χ3v) is 5.41. The van der Waals surface area contributed by atoms with Crippen molar-refractivity contribution in [3.05, 3.63) is 36.2 Å². The van der Waals surface area contributed by atoms with Gasteiger partial charge in [0.1, 0.15) is 0 Å². The molecule has 7 nitrogen and oxygen atoms in total. The Labute approximate surface area is 177 Å². The molecule has 0 bridgehead atoms. The maximum Gasteiger partial charge on any atom is 0.244 e. The van der Waals surface area contributed by atoms with E-state index in [4.69, 9.17) is 4.52 Å². The maximum absolute atomic E-state index is 12.5. The zero-order valence-electron chi connectivity index (χ0n) is 15.9. The van der Waals surface area contributed by atoms with Gasteiger partial charge in [-0.1, -0.05) is 35.5 Å². The first kappa shape index (κ1) is 22.6. The zero-order valence-corrected chi connectivity index (χ0v) is 17.5. The van der Waals surface area contributed by atoms with Crippen LogP contribution in [0.2, 0.25) is 0 Å². The number of amides is 1. The summed E-state index contributed by atoms with van der Waals surface area (Å²) in [5.41, 5.74) is 0.954. The number of hydrogen-bond donors (Lipinski definition) is 1. The van der Waals surface area contributed by atoms with E-state index in [2.05, 4.69) is 27.3 Å². The van der Waals surface area contributed by atoms with Crippen LogP contribution in [0.4, 0.5) is 0 Å². The third kappa shape index (κ3) is 4.84. The zero-order chi connectivity index (χ0) is 17.9. The molecule has 2 aliphatic heterocycles. The van der Waals surface area contributed by atoms with Crippen molar-refractivity contribution in [3.8, 4) is 11.4 Å². The second-order valence-corrected chi connectivity index (χ2v) is 7.05. The van der Waals surface area contributed by atoms with Crippen molar-refractivity contribution in [2.45, 2.75) is 19.4 Å². The Morgan fingerprint density at radius 3 is 2.54 bits per heavy atom. The minimum Gasteiger partial charge on any atom is -0.340 e. The smallest absolute Gasteiger partial charge is 0.244 e. The molecule has 4 rings (SSSR count). The van der Waals surface area contributed by atoms with Crippen molar-refractivity contribution in [1.82, 2.24) is 25.3 Å². The number of piperazine rings is 1. The third-order valence-electron chi connectivity index (χ3n) is 5.41. The Kier molecular flexibility index (Phi) is 8.24. The van der Waals surface area contributed by atoms with Crippen LogP contribution in [0.5, 0.6) is 0 Å². The van der Waals surface area contributed by atoms with E-state index in [9.17, 15) is 4.79 Å². The molecule has 2 unspecified atom stereocenters. The van der Waals surface area contributed by atoms with Crippen LogP contribution in [-0.4, -0.2) is 65.1 Å². The summed E-state index contributed by atoms with van der Waals surface area (Å²) in [4.78, 5) is 21.4. The Morgan fingerprint density at radius 2 is 1.89 bits per heavy atom. The number of nitrogens with one attached hydrogen (secondary N) is 1. The molecule has 2 aromatic rings. The summed E-state index contributed by atoms with van der Waals surface area (Å²) in [7, 11) is 0. The lowest BCUT2D eigenvalue weighted by Gasteiger charge is -2.37. The fourth-order valence-corrected chi connectivity index (χ4v) is 3.72. The monoisotopic (exact) mass is 427 g/mol. The first-order chi connectivity index (χ1) is 12.7. The molecule has 1 amide bonds. The molecule has 1 aromatic heterocycles. The number of aromatic nitrogens is 2. The Balaban J connectivity index is 0.00000140. The highest BCUT2D eigenvalue weighted by Crippen LogP contribution is 2.24. The van der Waals surface area contributed by atoms with E-state index in [0.29, 0.717) is 17.6 Å². The van der Waals surface area contributed by atoms with Gasteiger partial charge < -0.3 is 14.7 Å². The molecule has 2 aliphatic rings. The Bertz CT molecular complexity index is 744. The van der Waals surface area contributed by atoms with Gasteiger partial charge in [-0.05, 0) is 19.9 Å². The summed E-state index contributed by atoms with van der Waals surface area (Å²) in [5, 5.41) is 7.38. The molecule has 0 saturated carbocycles. The minimum atomic E-state index is 0. The van der Waals surface area contributed by atoms with Gasteiger partial charge in [0.15, 0.2) is 0 Å². The van der Waals surface area contributed by atoms with Crippen LogP contribution >= 0.6 is 24.8 Å². The Hall–Kier alpha value is -1.67. The molecule has 3 heterocycles. The number of hydrogen-bond acceptors (Lipinski definition) is 6. The van der Waals surface area contributed by atoms with E-state index in [0.717, 1.165) is 51.3 Å². The van der Waals surface area contributed by atoms with Gasteiger partial charge in [-0.3, -0.25) is 9.69 Å². The molecular formula is C19H27Cl2N5O2. The number of benzene rings is 1. The van der Waals surface area contributed by atoms with E-state index in [1.54, 1.807) is 0 Å². The van der Waals surface area contributed by atoms with Crippen molar-refractivity contribution in [2.24, 2.45) is 5.92 Å². The molecule has 1 aromatic carbocycles. The predicted molar refractivity (Wildman–Crippen MR) is 112 cm³/mol. The summed E-state index contributed by atoms with van der Waals surface area (Å²) in [5.74, 6) is 1.70. The van der Waals surface area contributed by atoms with Crippen molar-refractivity contribution >= 4 is 30.7 Å². The number of halogens is 2. The van der Waals surface area contributed by atoms with Gasteiger partial charge in [-0.15, -0.1) is 24.8 Å². The molecule has 0 aliphatic carbocycles. The normalized spacial score (nSPS) is 20.9. The van der Waals surface area contributed by atoms with Crippen molar-refractivity contribution in [2.75, 3.05) is 39.3 Å². The van der Waals surface area contributed by atoms with Gasteiger partial charge in [0.25, 0.3) is 0 Å². The van der Waals surface area contributed by atoms with Crippen LogP contribution in [-0.2, 0) is 4.79 Å². The predicted octanol–water partition coefficient (Wildman–Crippen LogP) is 2.39. The lowest BCUT2D eigenvalue weighted by Crippen LogP contribution is -2.51. The van der Waals surface area contributed by atoms with Crippen LogP contribution in [0.1, 0.15) is 25.3 Å². The molecule has 0 spiro atoms. The van der Waals surface area contributed by atoms with Gasteiger partial charge in [0.05, 0.1) is 12.0 Å². The van der Waals surface area contributed by atoms with Crippen molar-refractivity contribution < 1.29 is 9.32 Å².